The molecule has 0 aromatic heterocycles. The van der Waals surface area contributed by atoms with Gasteiger partial charge < -0.3 is 10.2 Å². The molecule has 0 aromatic carbocycles. The summed E-state index contributed by atoms with van der Waals surface area (Å²) in [5.41, 5.74) is 0. The fraction of sp³-hybridized carbons (Fsp3) is 0.867. The molecule has 4 heteroatoms. The first-order chi connectivity index (χ1) is 8.99. The van der Waals surface area contributed by atoms with Gasteiger partial charge in [0.1, 0.15) is 12.1 Å². The predicted molar refractivity (Wildman–Crippen MR) is 72.3 cm³/mol. The van der Waals surface area contributed by atoms with Crippen molar-refractivity contribution < 1.29 is 9.59 Å². The van der Waals surface area contributed by atoms with Gasteiger partial charge >= 0.3 is 0 Å². The van der Waals surface area contributed by atoms with Crippen LogP contribution in [0, 0.1) is 17.8 Å². The number of carbonyl (C=O) groups is 2. The summed E-state index contributed by atoms with van der Waals surface area (Å²) in [6, 6.07) is -0.316. The second-order valence-electron chi connectivity index (χ2n) is 6.89. The van der Waals surface area contributed by atoms with E-state index in [4.69, 9.17) is 0 Å². The molecule has 1 saturated heterocycles. The van der Waals surface area contributed by atoms with Gasteiger partial charge in [-0.25, -0.2) is 0 Å². The summed E-state index contributed by atoms with van der Waals surface area (Å²) in [6.45, 7) is 5.87. The zero-order valence-electron chi connectivity index (χ0n) is 12.1. The van der Waals surface area contributed by atoms with Crippen LogP contribution in [0.25, 0.3) is 0 Å². The Bertz CT molecular complexity index is 407. The van der Waals surface area contributed by atoms with E-state index in [-0.39, 0.29) is 29.8 Å². The van der Waals surface area contributed by atoms with Crippen molar-refractivity contribution in [1.29, 1.82) is 0 Å². The molecular weight excluding hydrogens is 240 g/mol. The van der Waals surface area contributed by atoms with E-state index >= 15 is 0 Å². The van der Waals surface area contributed by atoms with Gasteiger partial charge in [0.15, 0.2) is 0 Å². The Kier molecular flexibility index (Phi) is 3.06. The van der Waals surface area contributed by atoms with Crippen LogP contribution < -0.4 is 5.32 Å². The number of nitrogens with one attached hydrogen (secondary N) is 1. The average Bonchev–Trinajstić information content (AvgIpc) is 2.96. The molecule has 0 radical (unpaired) electrons. The summed E-state index contributed by atoms with van der Waals surface area (Å²) in [6.07, 6.45) is 4.92. The molecule has 0 spiro atoms. The Hall–Kier alpha value is -1.06. The SMILES string of the molecule is CC(C)C1NC(=O)C(C)N(C2CC3CCC2C3)C1=O. The molecule has 19 heavy (non-hydrogen) atoms. The summed E-state index contributed by atoms with van der Waals surface area (Å²) in [4.78, 5) is 26.7. The molecule has 1 heterocycles. The van der Waals surface area contributed by atoms with Crippen molar-refractivity contribution in [2.45, 2.75) is 64.6 Å². The van der Waals surface area contributed by atoms with E-state index in [1.165, 1.54) is 19.3 Å². The highest BCUT2D eigenvalue weighted by Gasteiger charge is 2.49. The maximum Gasteiger partial charge on any atom is 0.246 e. The first-order valence-corrected chi connectivity index (χ1v) is 7.61. The van der Waals surface area contributed by atoms with E-state index in [0.717, 1.165) is 12.3 Å². The van der Waals surface area contributed by atoms with E-state index in [9.17, 15) is 9.59 Å². The Morgan fingerprint density at radius 2 is 1.95 bits per heavy atom. The summed E-state index contributed by atoms with van der Waals surface area (Å²) >= 11 is 0. The van der Waals surface area contributed by atoms with E-state index in [1.807, 2.05) is 25.7 Å². The monoisotopic (exact) mass is 264 g/mol. The van der Waals surface area contributed by atoms with Gasteiger partial charge in [-0.2, -0.15) is 0 Å². The minimum absolute atomic E-state index is 0.0149. The second-order valence-corrected chi connectivity index (χ2v) is 6.89. The Morgan fingerprint density at radius 3 is 2.47 bits per heavy atom. The number of nitrogens with zero attached hydrogens (tertiary/aromatic N) is 1. The van der Waals surface area contributed by atoms with E-state index in [1.54, 1.807) is 0 Å². The molecule has 4 nitrogen and oxygen atoms in total. The van der Waals surface area contributed by atoms with Crippen molar-refractivity contribution in [3.05, 3.63) is 0 Å². The first-order valence-electron chi connectivity index (χ1n) is 7.61. The lowest BCUT2D eigenvalue weighted by molar-refractivity contribution is -0.154. The number of hydrogen-bond donors (Lipinski definition) is 1. The molecule has 2 saturated carbocycles. The zero-order valence-corrected chi connectivity index (χ0v) is 12.1. The van der Waals surface area contributed by atoms with E-state index in [2.05, 4.69) is 5.32 Å². The molecule has 0 aromatic rings. The summed E-state index contributed by atoms with van der Waals surface area (Å²) in [5.74, 6) is 1.73. The van der Waals surface area contributed by atoms with Gasteiger partial charge in [-0.3, -0.25) is 9.59 Å². The lowest BCUT2D eigenvalue weighted by atomic mass is 9.89. The molecule has 3 rings (SSSR count). The van der Waals surface area contributed by atoms with Gasteiger partial charge in [-0.15, -0.1) is 0 Å². The minimum Gasteiger partial charge on any atom is -0.342 e. The maximum atomic E-state index is 12.7. The topological polar surface area (TPSA) is 49.4 Å². The van der Waals surface area contributed by atoms with Gasteiger partial charge in [-0.05, 0) is 43.9 Å². The minimum atomic E-state index is -0.331. The Morgan fingerprint density at radius 1 is 1.21 bits per heavy atom. The van der Waals surface area contributed by atoms with Crippen molar-refractivity contribution in [1.82, 2.24) is 10.2 Å². The number of rotatable bonds is 2. The van der Waals surface area contributed by atoms with Crippen molar-refractivity contribution >= 4 is 11.8 Å². The van der Waals surface area contributed by atoms with Crippen LogP contribution in [-0.2, 0) is 9.59 Å². The highest BCUT2D eigenvalue weighted by molar-refractivity contribution is 5.97. The zero-order chi connectivity index (χ0) is 13.7. The fourth-order valence-corrected chi connectivity index (χ4v) is 4.27. The largest absolute Gasteiger partial charge is 0.342 e. The summed E-state index contributed by atoms with van der Waals surface area (Å²) in [7, 11) is 0. The van der Waals surface area contributed by atoms with Crippen LogP contribution in [0.15, 0.2) is 0 Å². The van der Waals surface area contributed by atoms with Gasteiger partial charge in [0.05, 0.1) is 0 Å². The second kappa shape index (κ2) is 4.50. The maximum absolute atomic E-state index is 12.7. The quantitative estimate of drug-likeness (QED) is 0.822. The number of hydrogen-bond acceptors (Lipinski definition) is 2. The van der Waals surface area contributed by atoms with E-state index < -0.39 is 0 Å². The van der Waals surface area contributed by atoms with Crippen molar-refractivity contribution in [3.8, 4) is 0 Å². The number of amides is 2. The number of carbonyl (C=O) groups excluding carboxylic acids is 2. The molecule has 3 fully saturated rings. The molecule has 2 amide bonds. The van der Waals surface area contributed by atoms with Crippen LogP contribution in [0.1, 0.15) is 46.5 Å². The van der Waals surface area contributed by atoms with Crippen molar-refractivity contribution in [3.63, 3.8) is 0 Å². The number of piperazine rings is 1. The molecule has 2 aliphatic carbocycles. The standard InChI is InChI=1S/C15H24N2O2/c1-8(2)13-15(19)17(9(3)14(18)16-13)12-7-10-4-5-11(12)6-10/h8-13H,4-7H2,1-3H3,(H,16,18). The smallest absolute Gasteiger partial charge is 0.246 e. The molecular formula is C15H24N2O2. The fourth-order valence-electron chi connectivity index (χ4n) is 4.27. The molecule has 5 unspecified atom stereocenters. The molecule has 3 aliphatic rings. The van der Waals surface area contributed by atoms with Crippen LogP contribution >= 0.6 is 0 Å². The summed E-state index contributed by atoms with van der Waals surface area (Å²) < 4.78 is 0. The van der Waals surface area contributed by atoms with Gasteiger partial charge in [-0.1, -0.05) is 20.3 Å². The lowest BCUT2D eigenvalue weighted by Gasteiger charge is -2.44. The third-order valence-electron chi connectivity index (χ3n) is 5.34. The molecule has 106 valence electrons. The Balaban J connectivity index is 1.85. The van der Waals surface area contributed by atoms with E-state index in [0.29, 0.717) is 12.0 Å². The van der Waals surface area contributed by atoms with Crippen molar-refractivity contribution in [2.75, 3.05) is 0 Å². The molecule has 1 aliphatic heterocycles. The number of fused-ring (bicyclic) bond motifs is 2. The normalized spacial score (nSPS) is 42.1. The van der Waals surface area contributed by atoms with Gasteiger partial charge in [0.25, 0.3) is 0 Å². The molecule has 1 N–H and O–H groups in total. The van der Waals surface area contributed by atoms with Gasteiger partial charge in [0.2, 0.25) is 11.8 Å². The van der Waals surface area contributed by atoms with Crippen LogP contribution in [0.2, 0.25) is 0 Å². The molecule has 5 atom stereocenters. The van der Waals surface area contributed by atoms with Crippen LogP contribution in [0.4, 0.5) is 0 Å². The van der Waals surface area contributed by atoms with Crippen molar-refractivity contribution in [2.24, 2.45) is 17.8 Å². The first kappa shape index (κ1) is 12.9. The highest BCUT2D eigenvalue weighted by Crippen LogP contribution is 2.47. The Labute approximate surface area is 114 Å². The third-order valence-corrected chi connectivity index (χ3v) is 5.34. The lowest BCUT2D eigenvalue weighted by Crippen LogP contribution is -2.66. The van der Waals surface area contributed by atoms with Crippen LogP contribution in [0.5, 0.6) is 0 Å². The van der Waals surface area contributed by atoms with Crippen LogP contribution in [-0.4, -0.2) is 34.8 Å². The average molecular weight is 264 g/mol. The third kappa shape index (κ3) is 1.96. The predicted octanol–water partition coefficient (Wildman–Crippen LogP) is 1.55. The molecule has 2 bridgehead atoms. The van der Waals surface area contributed by atoms with Gasteiger partial charge in [0, 0.05) is 6.04 Å². The highest BCUT2D eigenvalue weighted by atomic mass is 16.2. The van der Waals surface area contributed by atoms with Crippen LogP contribution in [0.3, 0.4) is 0 Å². The summed E-state index contributed by atoms with van der Waals surface area (Å²) in [5, 5.41) is 2.88.